The lowest BCUT2D eigenvalue weighted by Gasteiger charge is -2.12. The predicted molar refractivity (Wildman–Crippen MR) is 68.8 cm³/mol. The Hall–Kier alpha value is -0.580. The second-order valence-corrected chi connectivity index (χ2v) is 5.05. The topological polar surface area (TPSA) is 41.1 Å². The number of hydrogen-bond donors (Lipinski definition) is 2. The van der Waals surface area contributed by atoms with Crippen LogP contribution in [-0.2, 0) is 4.79 Å². The van der Waals surface area contributed by atoms with Gasteiger partial charge in [-0.05, 0) is 53.5 Å². The van der Waals surface area contributed by atoms with Gasteiger partial charge in [-0.3, -0.25) is 4.79 Å². The Morgan fingerprint density at radius 2 is 2.38 bits per heavy atom. The Morgan fingerprint density at radius 1 is 1.56 bits per heavy atom. The third kappa shape index (κ3) is 2.75. The van der Waals surface area contributed by atoms with E-state index in [0.29, 0.717) is 10.7 Å². The minimum absolute atomic E-state index is 0.000432. The van der Waals surface area contributed by atoms with Gasteiger partial charge in [0, 0.05) is 9.50 Å². The summed E-state index contributed by atoms with van der Waals surface area (Å²) in [5.74, 6) is 0.000432. The maximum absolute atomic E-state index is 11.8. The first-order valence-corrected chi connectivity index (χ1v) is 6.33. The minimum atomic E-state index is -0.0779. The van der Waals surface area contributed by atoms with Crippen molar-refractivity contribution < 1.29 is 4.79 Å². The Bertz CT molecular complexity index is 405. The molecule has 1 atom stereocenters. The smallest absolute Gasteiger partial charge is 0.241 e. The van der Waals surface area contributed by atoms with Crippen LogP contribution in [0.1, 0.15) is 12.8 Å². The molecule has 0 aliphatic carbocycles. The standard InChI is InChI=1S/C11H12BrClN2O/c12-8-4-3-7(13)6-10(8)15-11(16)9-2-1-5-14-9/h3-4,6,9,14H,1-2,5H2,(H,15,16)/t9-/m1/s1. The maximum Gasteiger partial charge on any atom is 0.241 e. The Morgan fingerprint density at radius 3 is 3.06 bits per heavy atom. The molecule has 1 aromatic rings. The third-order valence-corrected chi connectivity index (χ3v) is 3.49. The zero-order valence-corrected chi connectivity index (χ0v) is 10.9. The van der Waals surface area contributed by atoms with Gasteiger partial charge in [-0.1, -0.05) is 11.6 Å². The lowest BCUT2D eigenvalue weighted by molar-refractivity contribution is -0.117. The van der Waals surface area contributed by atoms with Gasteiger partial charge >= 0.3 is 0 Å². The van der Waals surface area contributed by atoms with Gasteiger partial charge in [0.15, 0.2) is 0 Å². The van der Waals surface area contributed by atoms with E-state index in [4.69, 9.17) is 11.6 Å². The normalized spacial score (nSPS) is 19.8. The van der Waals surface area contributed by atoms with Crippen molar-refractivity contribution in [2.75, 3.05) is 11.9 Å². The summed E-state index contributed by atoms with van der Waals surface area (Å²) in [6, 6.07) is 5.25. The highest BCUT2D eigenvalue weighted by Gasteiger charge is 2.22. The van der Waals surface area contributed by atoms with Crippen LogP contribution in [0.3, 0.4) is 0 Å². The van der Waals surface area contributed by atoms with Crippen molar-refractivity contribution in [3.63, 3.8) is 0 Å². The van der Waals surface area contributed by atoms with Crippen LogP contribution in [-0.4, -0.2) is 18.5 Å². The summed E-state index contributed by atoms with van der Waals surface area (Å²) in [5.41, 5.74) is 0.714. The molecule has 0 saturated carbocycles. The minimum Gasteiger partial charge on any atom is -0.324 e. The first-order chi connectivity index (χ1) is 7.66. The SMILES string of the molecule is O=C(Nc1cc(Cl)ccc1Br)[C@H]1CCCN1. The monoisotopic (exact) mass is 302 g/mol. The fraction of sp³-hybridized carbons (Fsp3) is 0.364. The van der Waals surface area contributed by atoms with Crippen LogP contribution in [0.25, 0.3) is 0 Å². The number of carbonyl (C=O) groups excluding carboxylic acids is 1. The summed E-state index contributed by atoms with van der Waals surface area (Å²) < 4.78 is 0.836. The number of anilines is 1. The fourth-order valence-corrected chi connectivity index (χ4v) is 2.24. The van der Waals surface area contributed by atoms with E-state index < -0.39 is 0 Å². The van der Waals surface area contributed by atoms with E-state index >= 15 is 0 Å². The molecule has 1 aromatic carbocycles. The van der Waals surface area contributed by atoms with E-state index in [-0.39, 0.29) is 11.9 Å². The van der Waals surface area contributed by atoms with Crippen LogP contribution >= 0.6 is 27.5 Å². The highest BCUT2D eigenvalue weighted by molar-refractivity contribution is 9.10. The number of nitrogens with one attached hydrogen (secondary N) is 2. The molecule has 86 valence electrons. The van der Waals surface area contributed by atoms with E-state index in [1.54, 1.807) is 12.1 Å². The largest absolute Gasteiger partial charge is 0.324 e. The van der Waals surface area contributed by atoms with Gasteiger partial charge < -0.3 is 10.6 Å². The molecule has 1 amide bonds. The second-order valence-electron chi connectivity index (χ2n) is 3.76. The number of rotatable bonds is 2. The molecule has 0 bridgehead atoms. The van der Waals surface area contributed by atoms with Crippen LogP contribution in [0.2, 0.25) is 5.02 Å². The van der Waals surface area contributed by atoms with Gasteiger partial charge in [0.05, 0.1) is 11.7 Å². The van der Waals surface area contributed by atoms with Gasteiger partial charge in [0.2, 0.25) is 5.91 Å². The summed E-state index contributed by atoms with van der Waals surface area (Å²) in [6.07, 6.45) is 1.94. The quantitative estimate of drug-likeness (QED) is 0.882. The van der Waals surface area contributed by atoms with Crippen molar-refractivity contribution in [2.24, 2.45) is 0 Å². The molecular weight excluding hydrogens is 291 g/mol. The van der Waals surface area contributed by atoms with Gasteiger partial charge in [-0.15, -0.1) is 0 Å². The van der Waals surface area contributed by atoms with E-state index in [2.05, 4.69) is 26.6 Å². The van der Waals surface area contributed by atoms with Crippen LogP contribution in [0.4, 0.5) is 5.69 Å². The third-order valence-electron chi connectivity index (χ3n) is 2.56. The van der Waals surface area contributed by atoms with Gasteiger partial charge in [0.1, 0.15) is 0 Å². The predicted octanol–water partition coefficient (Wildman–Crippen LogP) is 2.79. The molecule has 2 rings (SSSR count). The van der Waals surface area contributed by atoms with Crippen molar-refractivity contribution >= 4 is 39.1 Å². The number of hydrogen-bond acceptors (Lipinski definition) is 2. The zero-order valence-electron chi connectivity index (χ0n) is 8.59. The van der Waals surface area contributed by atoms with E-state index in [1.165, 1.54) is 0 Å². The maximum atomic E-state index is 11.8. The van der Waals surface area contributed by atoms with Crippen molar-refractivity contribution in [1.82, 2.24) is 5.32 Å². The first kappa shape index (κ1) is 11.9. The molecule has 1 saturated heterocycles. The average Bonchev–Trinajstić information content (AvgIpc) is 2.76. The van der Waals surface area contributed by atoms with Crippen molar-refractivity contribution in [2.45, 2.75) is 18.9 Å². The molecule has 1 aliphatic heterocycles. The molecule has 0 aromatic heterocycles. The number of benzene rings is 1. The Kier molecular flexibility index (Phi) is 3.84. The van der Waals surface area contributed by atoms with Crippen molar-refractivity contribution in [3.05, 3.63) is 27.7 Å². The molecule has 1 fully saturated rings. The average molecular weight is 304 g/mol. The zero-order chi connectivity index (χ0) is 11.5. The van der Waals surface area contributed by atoms with Gasteiger partial charge in [-0.2, -0.15) is 0 Å². The molecule has 1 aliphatic rings. The van der Waals surface area contributed by atoms with Gasteiger partial charge in [0.25, 0.3) is 0 Å². The van der Waals surface area contributed by atoms with Gasteiger partial charge in [-0.25, -0.2) is 0 Å². The van der Waals surface area contributed by atoms with Crippen LogP contribution < -0.4 is 10.6 Å². The van der Waals surface area contributed by atoms with Crippen LogP contribution in [0.15, 0.2) is 22.7 Å². The summed E-state index contributed by atoms with van der Waals surface area (Å²) in [5, 5.41) is 6.62. The van der Waals surface area contributed by atoms with E-state index in [1.807, 2.05) is 6.07 Å². The van der Waals surface area contributed by atoms with Crippen molar-refractivity contribution in [1.29, 1.82) is 0 Å². The second kappa shape index (κ2) is 5.17. The summed E-state index contributed by atoms with van der Waals surface area (Å²) in [4.78, 5) is 11.8. The summed E-state index contributed by atoms with van der Waals surface area (Å²) in [6.45, 7) is 0.912. The highest BCUT2D eigenvalue weighted by Crippen LogP contribution is 2.26. The number of halogens is 2. The summed E-state index contributed by atoms with van der Waals surface area (Å²) in [7, 11) is 0. The molecule has 5 heteroatoms. The molecule has 16 heavy (non-hydrogen) atoms. The lowest BCUT2D eigenvalue weighted by atomic mass is 10.2. The summed E-state index contributed by atoms with van der Waals surface area (Å²) >= 11 is 9.25. The molecule has 0 radical (unpaired) electrons. The highest BCUT2D eigenvalue weighted by atomic mass is 79.9. The molecule has 0 spiro atoms. The molecule has 2 N–H and O–H groups in total. The number of amides is 1. The van der Waals surface area contributed by atoms with Crippen LogP contribution in [0, 0.1) is 0 Å². The van der Waals surface area contributed by atoms with E-state index in [9.17, 15) is 4.79 Å². The molecule has 1 heterocycles. The van der Waals surface area contributed by atoms with Crippen LogP contribution in [0.5, 0.6) is 0 Å². The first-order valence-electron chi connectivity index (χ1n) is 5.16. The molecule has 0 unspecified atom stereocenters. The van der Waals surface area contributed by atoms with E-state index in [0.717, 1.165) is 23.9 Å². The number of carbonyl (C=O) groups is 1. The molecular formula is C11H12BrClN2O. The Labute approximate surface area is 108 Å². The Balaban J connectivity index is 2.07. The lowest BCUT2D eigenvalue weighted by Crippen LogP contribution is -2.35. The fourth-order valence-electron chi connectivity index (χ4n) is 1.72. The molecule has 3 nitrogen and oxygen atoms in total. The van der Waals surface area contributed by atoms with Crippen molar-refractivity contribution in [3.8, 4) is 0 Å².